The summed E-state index contributed by atoms with van der Waals surface area (Å²) >= 11 is 0. The minimum Gasteiger partial charge on any atom is -0.486 e. The smallest absolute Gasteiger partial charge is 0.161 e. The molecular weight excluding hydrogens is 250 g/mol. The minimum absolute atomic E-state index is 0.670. The molecule has 108 valence electrons. The van der Waals surface area contributed by atoms with Crippen molar-refractivity contribution in [1.82, 2.24) is 5.32 Å². The van der Waals surface area contributed by atoms with E-state index in [-0.39, 0.29) is 0 Å². The zero-order valence-corrected chi connectivity index (χ0v) is 11.9. The van der Waals surface area contributed by atoms with E-state index in [1.165, 1.54) is 44.2 Å². The van der Waals surface area contributed by atoms with Crippen LogP contribution in [0.25, 0.3) is 0 Å². The number of ether oxygens (including phenoxy) is 2. The molecule has 2 saturated carbocycles. The molecule has 1 aromatic rings. The Morgan fingerprint density at radius 1 is 1.00 bits per heavy atom. The molecule has 3 aliphatic rings. The van der Waals surface area contributed by atoms with Gasteiger partial charge < -0.3 is 14.8 Å². The molecule has 20 heavy (non-hydrogen) atoms. The highest BCUT2D eigenvalue weighted by Gasteiger charge is 2.31. The molecule has 2 atom stereocenters. The summed E-state index contributed by atoms with van der Waals surface area (Å²) < 4.78 is 11.3. The molecule has 0 bridgehead atoms. The molecule has 1 N–H and O–H groups in total. The van der Waals surface area contributed by atoms with Gasteiger partial charge in [0, 0.05) is 6.04 Å². The van der Waals surface area contributed by atoms with Crippen LogP contribution in [0.15, 0.2) is 18.2 Å². The number of rotatable bonds is 4. The molecule has 1 heterocycles. The molecule has 0 aromatic heterocycles. The average molecular weight is 273 g/mol. The van der Waals surface area contributed by atoms with E-state index in [2.05, 4.69) is 23.5 Å². The van der Waals surface area contributed by atoms with Crippen LogP contribution in [-0.4, -0.2) is 25.8 Å². The largest absolute Gasteiger partial charge is 0.486 e. The second-order valence-electron chi connectivity index (χ2n) is 6.38. The van der Waals surface area contributed by atoms with Crippen LogP contribution in [-0.2, 0) is 0 Å². The van der Waals surface area contributed by atoms with Gasteiger partial charge in [-0.2, -0.15) is 0 Å². The summed E-state index contributed by atoms with van der Waals surface area (Å²) in [6, 6.07) is 7.37. The maximum atomic E-state index is 5.73. The van der Waals surface area contributed by atoms with Crippen LogP contribution in [0.4, 0.5) is 0 Å². The highest BCUT2D eigenvalue weighted by Crippen LogP contribution is 2.42. The van der Waals surface area contributed by atoms with Gasteiger partial charge in [0.1, 0.15) is 13.2 Å². The SMILES string of the molecule is c1cc2c(cc1C1CCCC1CNC1CC1)OCCO2. The molecule has 4 rings (SSSR count). The van der Waals surface area contributed by atoms with Crippen LogP contribution in [0, 0.1) is 5.92 Å². The van der Waals surface area contributed by atoms with Crippen LogP contribution in [0.5, 0.6) is 11.5 Å². The first-order valence-electron chi connectivity index (χ1n) is 8.03. The second kappa shape index (κ2) is 5.28. The summed E-state index contributed by atoms with van der Waals surface area (Å²) in [5.74, 6) is 3.33. The number of hydrogen-bond donors (Lipinski definition) is 1. The predicted molar refractivity (Wildman–Crippen MR) is 78.5 cm³/mol. The fraction of sp³-hybridized carbons (Fsp3) is 0.647. The van der Waals surface area contributed by atoms with Crippen molar-refractivity contribution in [3.63, 3.8) is 0 Å². The third-order valence-electron chi connectivity index (χ3n) is 4.90. The Balaban J connectivity index is 1.49. The number of nitrogens with one attached hydrogen (secondary N) is 1. The summed E-state index contributed by atoms with van der Waals surface area (Å²) in [6.07, 6.45) is 6.79. The monoisotopic (exact) mass is 273 g/mol. The lowest BCUT2D eigenvalue weighted by Gasteiger charge is -2.23. The van der Waals surface area contributed by atoms with E-state index in [9.17, 15) is 0 Å². The van der Waals surface area contributed by atoms with Gasteiger partial charge in [0.15, 0.2) is 11.5 Å². The molecule has 1 aromatic carbocycles. The van der Waals surface area contributed by atoms with E-state index in [1.54, 1.807) is 0 Å². The van der Waals surface area contributed by atoms with E-state index in [0.717, 1.165) is 23.5 Å². The standard InChI is InChI=1S/C17H23NO2/c1-2-13(11-18-14-5-6-14)15(3-1)12-4-7-16-17(10-12)20-9-8-19-16/h4,7,10,13-15,18H,1-3,5-6,8-9,11H2. The maximum absolute atomic E-state index is 5.73. The summed E-state index contributed by atoms with van der Waals surface area (Å²) in [5, 5.41) is 3.70. The van der Waals surface area contributed by atoms with E-state index >= 15 is 0 Å². The van der Waals surface area contributed by atoms with Crippen LogP contribution in [0.1, 0.15) is 43.6 Å². The molecule has 2 unspecified atom stereocenters. The van der Waals surface area contributed by atoms with Crippen molar-refractivity contribution in [3.05, 3.63) is 23.8 Å². The van der Waals surface area contributed by atoms with Crippen molar-refractivity contribution < 1.29 is 9.47 Å². The van der Waals surface area contributed by atoms with E-state index in [0.29, 0.717) is 19.1 Å². The van der Waals surface area contributed by atoms with Crippen molar-refractivity contribution in [2.45, 2.75) is 44.1 Å². The number of benzene rings is 1. The van der Waals surface area contributed by atoms with Crippen molar-refractivity contribution >= 4 is 0 Å². The second-order valence-corrected chi connectivity index (χ2v) is 6.38. The summed E-state index contributed by atoms with van der Waals surface area (Å²) in [5.41, 5.74) is 1.44. The molecule has 1 aliphatic heterocycles. The first-order valence-corrected chi connectivity index (χ1v) is 8.03. The lowest BCUT2D eigenvalue weighted by molar-refractivity contribution is 0.171. The Labute approximate surface area is 120 Å². The van der Waals surface area contributed by atoms with Crippen LogP contribution < -0.4 is 14.8 Å². The average Bonchev–Trinajstić information content (AvgIpc) is 3.21. The zero-order chi connectivity index (χ0) is 13.4. The first kappa shape index (κ1) is 12.5. The normalized spacial score (nSPS) is 28.6. The van der Waals surface area contributed by atoms with Gasteiger partial charge in [-0.1, -0.05) is 12.5 Å². The Kier molecular flexibility index (Phi) is 3.31. The lowest BCUT2D eigenvalue weighted by Crippen LogP contribution is -2.26. The van der Waals surface area contributed by atoms with Crippen molar-refractivity contribution in [3.8, 4) is 11.5 Å². The lowest BCUT2D eigenvalue weighted by atomic mass is 9.88. The minimum atomic E-state index is 0.670. The van der Waals surface area contributed by atoms with Gasteiger partial charge in [-0.3, -0.25) is 0 Å². The van der Waals surface area contributed by atoms with E-state index in [4.69, 9.17) is 9.47 Å². The molecule has 0 amide bonds. The third kappa shape index (κ3) is 2.51. The third-order valence-corrected chi connectivity index (χ3v) is 4.90. The molecule has 3 heteroatoms. The maximum Gasteiger partial charge on any atom is 0.161 e. The van der Waals surface area contributed by atoms with Gasteiger partial charge >= 0.3 is 0 Å². The van der Waals surface area contributed by atoms with Gasteiger partial charge in [0.25, 0.3) is 0 Å². The molecule has 0 saturated heterocycles. The molecule has 2 aliphatic carbocycles. The molecule has 0 radical (unpaired) electrons. The van der Waals surface area contributed by atoms with Gasteiger partial charge in [-0.25, -0.2) is 0 Å². The number of fused-ring (bicyclic) bond motifs is 1. The van der Waals surface area contributed by atoms with Crippen LogP contribution in [0.2, 0.25) is 0 Å². The van der Waals surface area contributed by atoms with Crippen LogP contribution >= 0.6 is 0 Å². The summed E-state index contributed by atoms with van der Waals surface area (Å²) in [6.45, 7) is 2.53. The Morgan fingerprint density at radius 3 is 2.70 bits per heavy atom. The summed E-state index contributed by atoms with van der Waals surface area (Å²) in [7, 11) is 0. The predicted octanol–water partition coefficient (Wildman–Crippen LogP) is 3.09. The molecular formula is C17H23NO2. The topological polar surface area (TPSA) is 30.5 Å². The van der Waals surface area contributed by atoms with Crippen molar-refractivity contribution in [1.29, 1.82) is 0 Å². The van der Waals surface area contributed by atoms with Crippen molar-refractivity contribution in [2.75, 3.05) is 19.8 Å². The Morgan fingerprint density at radius 2 is 1.85 bits per heavy atom. The number of hydrogen-bond acceptors (Lipinski definition) is 3. The highest BCUT2D eigenvalue weighted by molar-refractivity contribution is 5.45. The Bertz CT molecular complexity index is 484. The van der Waals surface area contributed by atoms with Crippen molar-refractivity contribution in [2.24, 2.45) is 5.92 Å². The first-order chi connectivity index (χ1) is 9.90. The molecule has 3 nitrogen and oxygen atoms in total. The van der Waals surface area contributed by atoms with Gasteiger partial charge in [-0.15, -0.1) is 0 Å². The van der Waals surface area contributed by atoms with E-state index < -0.39 is 0 Å². The van der Waals surface area contributed by atoms with Crippen LogP contribution in [0.3, 0.4) is 0 Å². The summed E-state index contributed by atoms with van der Waals surface area (Å²) in [4.78, 5) is 0. The van der Waals surface area contributed by atoms with Gasteiger partial charge in [-0.05, 0) is 61.8 Å². The van der Waals surface area contributed by atoms with Gasteiger partial charge in [0.2, 0.25) is 0 Å². The van der Waals surface area contributed by atoms with E-state index in [1.807, 2.05) is 0 Å². The van der Waals surface area contributed by atoms with Gasteiger partial charge in [0.05, 0.1) is 0 Å². The fourth-order valence-corrected chi connectivity index (χ4v) is 3.62. The quantitative estimate of drug-likeness (QED) is 0.914. The highest BCUT2D eigenvalue weighted by atomic mass is 16.6. The Hall–Kier alpha value is -1.22. The molecule has 0 spiro atoms. The fourth-order valence-electron chi connectivity index (χ4n) is 3.62. The molecule has 2 fully saturated rings. The zero-order valence-electron chi connectivity index (χ0n) is 11.9.